The van der Waals surface area contributed by atoms with Crippen LogP contribution in [0.2, 0.25) is 0 Å². The van der Waals surface area contributed by atoms with Crippen LogP contribution >= 0.6 is 0 Å². The molecule has 1 aromatic rings. The van der Waals surface area contributed by atoms with Crippen molar-refractivity contribution in [1.82, 2.24) is 15.3 Å². The van der Waals surface area contributed by atoms with Gasteiger partial charge in [0.05, 0.1) is 0 Å². The van der Waals surface area contributed by atoms with Crippen LogP contribution in [0.4, 0.5) is 11.6 Å². The second kappa shape index (κ2) is 4.57. The molecule has 3 N–H and O–H groups in total. The average molecular weight is 235 g/mol. The fraction of sp³-hybridized carbons (Fsp3) is 0.545. The monoisotopic (exact) mass is 235 g/mol. The number of aromatic nitrogens is 2. The number of nitrogens with zero attached hydrogens (tertiary/aromatic N) is 3. The van der Waals surface area contributed by atoms with E-state index in [0.717, 1.165) is 25.3 Å². The third-order valence-corrected chi connectivity index (χ3v) is 2.76. The van der Waals surface area contributed by atoms with Gasteiger partial charge in [0.2, 0.25) is 5.91 Å². The van der Waals surface area contributed by atoms with Gasteiger partial charge < -0.3 is 16.0 Å². The molecular weight excluding hydrogens is 218 g/mol. The first-order valence-corrected chi connectivity index (χ1v) is 5.68. The number of anilines is 2. The third-order valence-electron chi connectivity index (χ3n) is 2.76. The van der Waals surface area contributed by atoms with Crippen LogP contribution in [0.25, 0.3) is 0 Å². The molecule has 1 fully saturated rings. The largest absolute Gasteiger partial charge is 0.384 e. The molecule has 92 valence electrons. The number of hydrogen-bond donors (Lipinski definition) is 2. The van der Waals surface area contributed by atoms with Gasteiger partial charge in [0.15, 0.2) is 0 Å². The zero-order chi connectivity index (χ0) is 12.4. The Morgan fingerprint density at radius 3 is 3.00 bits per heavy atom. The van der Waals surface area contributed by atoms with Crippen molar-refractivity contribution >= 4 is 17.5 Å². The van der Waals surface area contributed by atoms with Gasteiger partial charge in [-0.25, -0.2) is 9.97 Å². The van der Waals surface area contributed by atoms with E-state index in [-0.39, 0.29) is 11.9 Å². The summed E-state index contributed by atoms with van der Waals surface area (Å²) in [5, 5.41) is 2.92. The summed E-state index contributed by atoms with van der Waals surface area (Å²) in [6, 6.07) is 1.97. The predicted octanol–water partition coefficient (Wildman–Crippen LogP) is 0.0820. The third kappa shape index (κ3) is 2.83. The van der Waals surface area contributed by atoms with E-state index in [1.807, 2.05) is 6.92 Å². The van der Waals surface area contributed by atoms with Crippen molar-refractivity contribution < 1.29 is 4.79 Å². The Morgan fingerprint density at radius 2 is 2.35 bits per heavy atom. The lowest BCUT2D eigenvalue weighted by atomic mass is 10.3. The minimum atomic E-state index is 0.00947. The van der Waals surface area contributed by atoms with Crippen LogP contribution in [-0.2, 0) is 4.79 Å². The smallest absolute Gasteiger partial charge is 0.217 e. The maximum atomic E-state index is 11.0. The van der Waals surface area contributed by atoms with E-state index in [2.05, 4.69) is 20.2 Å². The molecule has 0 radical (unpaired) electrons. The number of carbonyl (C=O) groups is 1. The fourth-order valence-corrected chi connectivity index (χ4v) is 2.11. The van der Waals surface area contributed by atoms with E-state index >= 15 is 0 Å². The Morgan fingerprint density at radius 1 is 1.59 bits per heavy atom. The number of nitrogen functional groups attached to an aromatic ring is 1. The molecule has 17 heavy (non-hydrogen) atoms. The topological polar surface area (TPSA) is 84.1 Å². The predicted molar refractivity (Wildman–Crippen MR) is 65.6 cm³/mol. The minimum Gasteiger partial charge on any atom is -0.384 e. The average Bonchev–Trinajstić information content (AvgIpc) is 2.63. The normalized spacial score (nSPS) is 19.4. The number of aryl methyl sites for hydroxylation is 1. The molecule has 1 aliphatic heterocycles. The van der Waals surface area contributed by atoms with Crippen LogP contribution in [0, 0.1) is 6.92 Å². The maximum Gasteiger partial charge on any atom is 0.217 e. The van der Waals surface area contributed by atoms with Gasteiger partial charge >= 0.3 is 0 Å². The molecule has 0 saturated carbocycles. The van der Waals surface area contributed by atoms with Gasteiger partial charge in [0, 0.05) is 32.1 Å². The molecule has 0 spiro atoms. The highest BCUT2D eigenvalue weighted by Gasteiger charge is 2.24. The first kappa shape index (κ1) is 11.6. The Hall–Kier alpha value is -1.85. The molecular formula is C11H17N5O. The molecule has 1 atom stereocenters. The van der Waals surface area contributed by atoms with Crippen molar-refractivity contribution in [2.24, 2.45) is 0 Å². The summed E-state index contributed by atoms with van der Waals surface area (Å²) in [5.74, 6) is 2.00. The molecule has 0 aliphatic carbocycles. The zero-order valence-electron chi connectivity index (χ0n) is 10.1. The van der Waals surface area contributed by atoms with Crippen molar-refractivity contribution in [2.75, 3.05) is 23.7 Å². The standard InChI is InChI=1S/C11H17N5O/c1-7-13-10(12)5-11(14-7)16-4-3-9(6-16)15-8(2)17/h5,9H,3-4,6H2,1-2H3,(H,15,17)(H2,12,13,14). The van der Waals surface area contributed by atoms with Crippen LogP contribution in [0.3, 0.4) is 0 Å². The van der Waals surface area contributed by atoms with E-state index in [1.165, 1.54) is 6.92 Å². The highest BCUT2D eigenvalue weighted by Crippen LogP contribution is 2.19. The van der Waals surface area contributed by atoms with Crippen LogP contribution in [0.5, 0.6) is 0 Å². The van der Waals surface area contributed by atoms with Crippen molar-refractivity contribution in [3.8, 4) is 0 Å². The van der Waals surface area contributed by atoms with Crippen molar-refractivity contribution in [3.05, 3.63) is 11.9 Å². The summed E-state index contributed by atoms with van der Waals surface area (Å²) in [5.41, 5.74) is 5.69. The summed E-state index contributed by atoms with van der Waals surface area (Å²) in [6.45, 7) is 5.01. The van der Waals surface area contributed by atoms with E-state index < -0.39 is 0 Å². The van der Waals surface area contributed by atoms with E-state index in [1.54, 1.807) is 6.07 Å². The van der Waals surface area contributed by atoms with Gasteiger partial charge in [0.25, 0.3) is 0 Å². The van der Waals surface area contributed by atoms with Gasteiger partial charge in [0.1, 0.15) is 17.5 Å². The molecule has 6 nitrogen and oxygen atoms in total. The second-order valence-corrected chi connectivity index (χ2v) is 4.33. The van der Waals surface area contributed by atoms with Crippen LogP contribution < -0.4 is 16.0 Å². The molecule has 2 heterocycles. The summed E-state index contributed by atoms with van der Waals surface area (Å²) < 4.78 is 0. The fourth-order valence-electron chi connectivity index (χ4n) is 2.11. The molecule has 1 saturated heterocycles. The first-order chi connectivity index (χ1) is 8.04. The molecule has 0 aromatic carbocycles. The quantitative estimate of drug-likeness (QED) is 0.758. The molecule has 1 aromatic heterocycles. The number of hydrogen-bond acceptors (Lipinski definition) is 5. The minimum absolute atomic E-state index is 0.00947. The van der Waals surface area contributed by atoms with Crippen molar-refractivity contribution in [3.63, 3.8) is 0 Å². The highest BCUT2D eigenvalue weighted by atomic mass is 16.1. The molecule has 1 unspecified atom stereocenters. The Bertz CT molecular complexity index is 414. The number of nitrogens with two attached hydrogens (primary N) is 1. The van der Waals surface area contributed by atoms with Crippen LogP contribution in [-0.4, -0.2) is 35.0 Å². The lowest BCUT2D eigenvalue weighted by molar-refractivity contribution is -0.119. The lowest BCUT2D eigenvalue weighted by Crippen LogP contribution is -2.35. The Labute approximate surface area is 100 Å². The number of rotatable bonds is 2. The Kier molecular flexibility index (Phi) is 3.12. The summed E-state index contributed by atoms with van der Waals surface area (Å²) in [4.78, 5) is 21.5. The molecule has 2 rings (SSSR count). The SMILES string of the molecule is CC(=O)NC1CCN(c2cc(N)nc(C)n2)C1. The molecule has 1 aliphatic rings. The van der Waals surface area contributed by atoms with Crippen molar-refractivity contribution in [1.29, 1.82) is 0 Å². The summed E-state index contributed by atoms with van der Waals surface area (Å²) in [7, 11) is 0. The van der Waals surface area contributed by atoms with Gasteiger partial charge in [-0.2, -0.15) is 0 Å². The van der Waals surface area contributed by atoms with Crippen LogP contribution in [0.15, 0.2) is 6.07 Å². The van der Waals surface area contributed by atoms with Crippen LogP contribution in [0.1, 0.15) is 19.2 Å². The van der Waals surface area contributed by atoms with Gasteiger partial charge in [-0.15, -0.1) is 0 Å². The second-order valence-electron chi connectivity index (χ2n) is 4.33. The molecule has 1 amide bonds. The van der Waals surface area contributed by atoms with Crippen molar-refractivity contribution in [2.45, 2.75) is 26.3 Å². The van der Waals surface area contributed by atoms with Gasteiger partial charge in [-0.3, -0.25) is 4.79 Å². The first-order valence-electron chi connectivity index (χ1n) is 5.68. The summed E-state index contributed by atoms with van der Waals surface area (Å²) >= 11 is 0. The Balaban J connectivity index is 2.07. The van der Waals surface area contributed by atoms with Gasteiger partial charge in [-0.05, 0) is 13.3 Å². The number of nitrogens with one attached hydrogen (secondary N) is 1. The lowest BCUT2D eigenvalue weighted by Gasteiger charge is -2.18. The molecule has 0 bridgehead atoms. The zero-order valence-corrected chi connectivity index (χ0v) is 10.1. The maximum absolute atomic E-state index is 11.0. The number of amides is 1. The van der Waals surface area contributed by atoms with E-state index in [0.29, 0.717) is 11.6 Å². The van der Waals surface area contributed by atoms with E-state index in [4.69, 9.17) is 5.73 Å². The number of carbonyl (C=O) groups excluding carboxylic acids is 1. The summed E-state index contributed by atoms with van der Waals surface area (Å²) in [6.07, 6.45) is 0.933. The highest BCUT2D eigenvalue weighted by molar-refractivity contribution is 5.73. The van der Waals surface area contributed by atoms with Gasteiger partial charge in [-0.1, -0.05) is 0 Å². The molecule has 6 heteroatoms. The van der Waals surface area contributed by atoms with E-state index in [9.17, 15) is 4.79 Å².